The second-order valence-corrected chi connectivity index (χ2v) is 5.53. The smallest absolute Gasteiger partial charge is 0.304 e. The van der Waals surface area contributed by atoms with Gasteiger partial charge in [-0.25, -0.2) is 0 Å². The van der Waals surface area contributed by atoms with Crippen molar-refractivity contribution in [2.75, 3.05) is 25.1 Å². The molecule has 0 saturated heterocycles. The van der Waals surface area contributed by atoms with Crippen LogP contribution in [0.25, 0.3) is 0 Å². The minimum Gasteiger partial charge on any atom is -0.494 e. The van der Waals surface area contributed by atoms with Gasteiger partial charge >= 0.3 is 5.97 Å². The summed E-state index contributed by atoms with van der Waals surface area (Å²) in [7, 11) is 0. The lowest BCUT2D eigenvalue weighted by molar-refractivity contribution is -0.145. The second kappa shape index (κ2) is 10.0. The summed E-state index contributed by atoms with van der Waals surface area (Å²) in [5.74, 6) is 0.582. The maximum Gasteiger partial charge on any atom is 0.304 e. The summed E-state index contributed by atoms with van der Waals surface area (Å²) in [5, 5.41) is 21.1. The van der Waals surface area contributed by atoms with E-state index in [0.29, 0.717) is 34.9 Å². The molecule has 0 bridgehead atoms. The van der Waals surface area contributed by atoms with Crippen molar-refractivity contribution in [1.29, 1.82) is 5.26 Å². The van der Waals surface area contributed by atoms with E-state index in [0.717, 1.165) is 0 Å². The molecule has 0 aromatic heterocycles. The van der Waals surface area contributed by atoms with Gasteiger partial charge in [-0.2, -0.15) is 5.26 Å². The number of hydrogen-bond donors (Lipinski definition) is 2. The number of rotatable bonds is 9. The third kappa shape index (κ3) is 5.90. The molecule has 0 amide bonds. The first-order valence-corrected chi connectivity index (χ1v) is 8.51. The zero-order valence-corrected chi connectivity index (χ0v) is 15.3. The van der Waals surface area contributed by atoms with Crippen molar-refractivity contribution >= 4 is 11.7 Å². The molecule has 2 rings (SSSR count). The first kappa shape index (κ1) is 20.1. The standard InChI is InChI=1S/C20H22N2O5/c1-3-25-17-8-9-19(26-11-10-23)18(12-17)20(27-14(2)24)22-16-6-4-15(13-21)5-7-16/h4-9,12,20,22-23H,3,10-11H2,1-2H3. The van der Waals surface area contributed by atoms with Crippen molar-refractivity contribution in [3.8, 4) is 17.6 Å². The molecule has 7 heteroatoms. The van der Waals surface area contributed by atoms with Crippen LogP contribution in [0.1, 0.15) is 31.2 Å². The Balaban J connectivity index is 2.38. The van der Waals surface area contributed by atoms with E-state index in [1.807, 2.05) is 6.92 Å². The van der Waals surface area contributed by atoms with Gasteiger partial charge in [-0.1, -0.05) is 0 Å². The highest BCUT2D eigenvalue weighted by Gasteiger charge is 2.21. The number of ether oxygens (including phenoxy) is 3. The van der Waals surface area contributed by atoms with E-state index in [4.69, 9.17) is 24.6 Å². The third-order valence-corrected chi connectivity index (χ3v) is 3.52. The molecule has 0 heterocycles. The predicted octanol–water partition coefficient (Wildman–Crippen LogP) is 3.00. The van der Waals surface area contributed by atoms with Crippen LogP contribution >= 0.6 is 0 Å². The number of nitrogens with zero attached hydrogens (tertiary/aromatic N) is 1. The maximum atomic E-state index is 11.6. The van der Waals surface area contributed by atoms with Crippen molar-refractivity contribution in [3.05, 3.63) is 53.6 Å². The SMILES string of the molecule is CCOc1ccc(OCCO)c(C(Nc2ccc(C#N)cc2)OC(C)=O)c1. The van der Waals surface area contributed by atoms with Gasteiger partial charge in [-0.05, 0) is 49.4 Å². The normalized spacial score (nSPS) is 11.2. The zero-order chi connectivity index (χ0) is 19.6. The number of nitriles is 1. The molecule has 1 atom stereocenters. The highest BCUT2D eigenvalue weighted by atomic mass is 16.6. The molecule has 0 fully saturated rings. The van der Waals surface area contributed by atoms with Gasteiger partial charge < -0.3 is 24.6 Å². The summed E-state index contributed by atoms with van der Waals surface area (Å²) in [5.41, 5.74) is 1.74. The maximum absolute atomic E-state index is 11.6. The van der Waals surface area contributed by atoms with Gasteiger partial charge in [0, 0.05) is 12.6 Å². The second-order valence-electron chi connectivity index (χ2n) is 5.53. The van der Waals surface area contributed by atoms with Crippen LogP contribution in [0.15, 0.2) is 42.5 Å². The van der Waals surface area contributed by atoms with Gasteiger partial charge in [0.05, 0.1) is 30.4 Å². The molecule has 0 radical (unpaired) electrons. The fourth-order valence-corrected chi connectivity index (χ4v) is 2.40. The molecule has 0 aliphatic rings. The van der Waals surface area contributed by atoms with Gasteiger partial charge in [-0.15, -0.1) is 0 Å². The number of anilines is 1. The molecular formula is C20H22N2O5. The quantitative estimate of drug-likeness (QED) is 0.517. The summed E-state index contributed by atoms with van der Waals surface area (Å²) in [4.78, 5) is 11.6. The summed E-state index contributed by atoms with van der Waals surface area (Å²) in [6.07, 6.45) is -0.843. The Kier molecular flexibility index (Phi) is 7.47. The van der Waals surface area contributed by atoms with E-state index < -0.39 is 12.2 Å². The van der Waals surface area contributed by atoms with E-state index >= 15 is 0 Å². The van der Waals surface area contributed by atoms with E-state index in [1.54, 1.807) is 42.5 Å². The van der Waals surface area contributed by atoms with Crippen LogP contribution in [-0.4, -0.2) is 30.9 Å². The molecule has 2 aromatic rings. The lowest BCUT2D eigenvalue weighted by Gasteiger charge is -2.23. The van der Waals surface area contributed by atoms with Gasteiger partial charge in [0.25, 0.3) is 0 Å². The van der Waals surface area contributed by atoms with Gasteiger partial charge in [0.2, 0.25) is 6.23 Å². The zero-order valence-electron chi connectivity index (χ0n) is 15.3. The van der Waals surface area contributed by atoms with Crippen LogP contribution in [0.4, 0.5) is 5.69 Å². The van der Waals surface area contributed by atoms with Gasteiger partial charge in [-0.3, -0.25) is 4.79 Å². The Morgan fingerprint density at radius 1 is 1.22 bits per heavy atom. The third-order valence-electron chi connectivity index (χ3n) is 3.52. The number of carbonyl (C=O) groups excluding carboxylic acids is 1. The Bertz CT molecular complexity index is 799. The van der Waals surface area contributed by atoms with E-state index in [-0.39, 0.29) is 13.2 Å². The molecule has 0 aliphatic heterocycles. The predicted molar refractivity (Wildman–Crippen MR) is 99.5 cm³/mol. The largest absolute Gasteiger partial charge is 0.494 e. The lowest BCUT2D eigenvalue weighted by Crippen LogP contribution is -2.19. The lowest BCUT2D eigenvalue weighted by atomic mass is 10.1. The molecule has 0 aliphatic carbocycles. The van der Waals surface area contributed by atoms with Crippen molar-refractivity contribution in [2.24, 2.45) is 0 Å². The minimum atomic E-state index is -0.843. The molecule has 2 aromatic carbocycles. The molecular weight excluding hydrogens is 348 g/mol. The van der Waals surface area contributed by atoms with Crippen molar-refractivity contribution < 1.29 is 24.1 Å². The van der Waals surface area contributed by atoms with E-state index in [1.165, 1.54) is 6.92 Å². The summed E-state index contributed by atoms with van der Waals surface area (Å²) in [6, 6.07) is 14.0. The Labute approximate surface area is 158 Å². The van der Waals surface area contributed by atoms with Crippen molar-refractivity contribution in [3.63, 3.8) is 0 Å². The molecule has 27 heavy (non-hydrogen) atoms. The molecule has 0 spiro atoms. The fraction of sp³-hybridized carbons (Fsp3) is 0.300. The Hall–Kier alpha value is -3.24. The summed E-state index contributed by atoms with van der Waals surface area (Å²) < 4.78 is 16.5. The number of esters is 1. The topological polar surface area (TPSA) is 101 Å². The van der Waals surface area contributed by atoms with Crippen LogP contribution in [0.3, 0.4) is 0 Å². The number of benzene rings is 2. The average Bonchev–Trinajstić information content (AvgIpc) is 2.67. The number of carbonyl (C=O) groups is 1. The number of nitrogens with one attached hydrogen (secondary N) is 1. The first-order valence-electron chi connectivity index (χ1n) is 8.51. The number of aliphatic hydroxyl groups excluding tert-OH is 1. The van der Waals surface area contributed by atoms with Gasteiger partial charge in [0.1, 0.15) is 18.1 Å². The molecule has 0 saturated carbocycles. The number of hydrogen-bond acceptors (Lipinski definition) is 7. The van der Waals surface area contributed by atoms with Crippen LogP contribution < -0.4 is 14.8 Å². The van der Waals surface area contributed by atoms with Crippen LogP contribution in [-0.2, 0) is 9.53 Å². The molecule has 1 unspecified atom stereocenters. The Morgan fingerprint density at radius 2 is 1.96 bits per heavy atom. The van der Waals surface area contributed by atoms with Crippen LogP contribution in [0.5, 0.6) is 11.5 Å². The van der Waals surface area contributed by atoms with Crippen LogP contribution in [0.2, 0.25) is 0 Å². The van der Waals surface area contributed by atoms with Crippen LogP contribution in [0, 0.1) is 11.3 Å². The fourth-order valence-electron chi connectivity index (χ4n) is 2.40. The van der Waals surface area contributed by atoms with E-state index in [2.05, 4.69) is 11.4 Å². The first-order chi connectivity index (χ1) is 13.1. The minimum absolute atomic E-state index is 0.102. The number of aliphatic hydroxyl groups is 1. The summed E-state index contributed by atoms with van der Waals surface area (Å²) in [6.45, 7) is 3.62. The van der Waals surface area contributed by atoms with Crippen molar-refractivity contribution in [1.82, 2.24) is 0 Å². The van der Waals surface area contributed by atoms with Gasteiger partial charge in [0.15, 0.2) is 0 Å². The highest BCUT2D eigenvalue weighted by molar-refractivity contribution is 5.67. The highest BCUT2D eigenvalue weighted by Crippen LogP contribution is 2.33. The average molecular weight is 370 g/mol. The molecule has 7 nitrogen and oxygen atoms in total. The molecule has 2 N–H and O–H groups in total. The Morgan fingerprint density at radius 3 is 2.56 bits per heavy atom. The summed E-state index contributed by atoms with van der Waals surface area (Å²) >= 11 is 0. The van der Waals surface area contributed by atoms with E-state index in [9.17, 15) is 4.79 Å². The van der Waals surface area contributed by atoms with Crippen molar-refractivity contribution in [2.45, 2.75) is 20.1 Å². The molecule has 142 valence electrons. The monoisotopic (exact) mass is 370 g/mol.